The maximum absolute atomic E-state index is 14.1. The molecule has 0 aliphatic rings. The fourth-order valence-electron chi connectivity index (χ4n) is 4.15. The number of methoxy groups -OCH3 is 2. The van der Waals surface area contributed by atoms with Crippen LogP contribution in [0.2, 0.25) is 0 Å². The van der Waals surface area contributed by atoms with Crippen LogP contribution >= 0.6 is 0 Å². The molecule has 0 saturated heterocycles. The van der Waals surface area contributed by atoms with Crippen LogP contribution in [0, 0.1) is 6.92 Å². The Labute approximate surface area is 209 Å². The van der Waals surface area contributed by atoms with Crippen molar-refractivity contribution in [1.82, 2.24) is 20.3 Å². The van der Waals surface area contributed by atoms with E-state index in [9.17, 15) is 9.59 Å². The van der Waals surface area contributed by atoms with Gasteiger partial charge in [0.1, 0.15) is 23.9 Å². The van der Waals surface area contributed by atoms with E-state index in [0.717, 1.165) is 11.1 Å². The number of ether oxygens (including phenoxy) is 2. The van der Waals surface area contributed by atoms with Crippen molar-refractivity contribution in [3.8, 4) is 5.75 Å². The van der Waals surface area contributed by atoms with E-state index in [4.69, 9.17) is 9.47 Å². The minimum atomic E-state index is -0.957. The predicted molar refractivity (Wildman–Crippen MR) is 137 cm³/mol. The molecule has 0 aliphatic heterocycles. The summed E-state index contributed by atoms with van der Waals surface area (Å²) in [5.74, 6) is -0.202. The zero-order valence-electron chi connectivity index (χ0n) is 20.5. The first-order chi connectivity index (χ1) is 17.5. The largest absolute Gasteiger partial charge is 0.495 e. The Balaban J connectivity index is 1.83. The molecule has 0 radical (unpaired) electrons. The van der Waals surface area contributed by atoms with Crippen LogP contribution in [0.5, 0.6) is 5.75 Å². The molecule has 36 heavy (non-hydrogen) atoms. The van der Waals surface area contributed by atoms with Crippen molar-refractivity contribution in [1.29, 1.82) is 0 Å². The maximum Gasteiger partial charge on any atom is 0.249 e. The third kappa shape index (κ3) is 5.21. The molecule has 1 heterocycles. The monoisotopic (exact) mass is 487 g/mol. The SMILES string of the molecule is COCCNC(=O)C(c1ccccc1C)N(C(=O)Cn1nnc2ccccc21)c1ccccc1OC. The molecule has 4 rings (SSSR count). The number of carbonyl (C=O) groups is 2. The van der Waals surface area contributed by atoms with Crippen molar-refractivity contribution in [2.24, 2.45) is 0 Å². The molecular weight excluding hydrogens is 458 g/mol. The summed E-state index contributed by atoms with van der Waals surface area (Å²) in [5, 5.41) is 11.3. The van der Waals surface area contributed by atoms with Gasteiger partial charge < -0.3 is 14.8 Å². The van der Waals surface area contributed by atoms with Crippen molar-refractivity contribution in [3.05, 3.63) is 83.9 Å². The first-order valence-corrected chi connectivity index (χ1v) is 11.6. The summed E-state index contributed by atoms with van der Waals surface area (Å²) in [6, 6.07) is 21.1. The number of amides is 2. The minimum Gasteiger partial charge on any atom is -0.495 e. The van der Waals surface area contributed by atoms with Crippen molar-refractivity contribution in [2.45, 2.75) is 19.5 Å². The summed E-state index contributed by atoms with van der Waals surface area (Å²) in [5.41, 5.74) is 3.47. The molecule has 0 fully saturated rings. The Morgan fingerprint density at radius 2 is 1.72 bits per heavy atom. The van der Waals surface area contributed by atoms with Gasteiger partial charge in [-0.1, -0.05) is 53.7 Å². The molecule has 9 heteroatoms. The van der Waals surface area contributed by atoms with Gasteiger partial charge in [-0.05, 0) is 42.3 Å². The summed E-state index contributed by atoms with van der Waals surface area (Å²) in [6.45, 7) is 2.45. The average Bonchev–Trinajstić information content (AvgIpc) is 3.30. The number of para-hydroxylation sites is 3. The van der Waals surface area contributed by atoms with E-state index in [1.807, 2.05) is 61.5 Å². The van der Waals surface area contributed by atoms with Crippen LogP contribution in [0.4, 0.5) is 5.69 Å². The molecule has 9 nitrogen and oxygen atoms in total. The number of carbonyl (C=O) groups excluding carboxylic acids is 2. The standard InChI is InChI=1S/C27H29N5O4/c1-19-10-4-5-11-20(19)26(27(34)28-16-17-35-2)32(23-14-8-9-15-24(23)36-3)25(33)18-31-22-13-7-6-12-21(22)29-30-31/h4-15,26H,16-18H2,1-3H3,(H,28,34). The van der Waals surface area contributed by atoms with Crippen LogP contribution in [0.3, 0.4) is 0 Å². The number of fused-ring (bicyclic) bond motifs is 1. The maximum atomic E-state index is 14.1. The number of aryl methyl sites for hydroxylation is 1. The molecule has 0 aliphatic carbocycles. The zero-order valence-corrected chi connectivity index (χ0v) is 20.5. The van der Waals surface area contributed by atoms with Crippen LogP contribution < -0.4 is 15.0 Å². The second-order valence-corrected chi connectivity index (χ2v) is 8.21. The first-order valence-electron chi connectivity index (χ1n) is 11.6. The summed E-state index contributed by atoms with van der Waals surface area (Å²) in [7, 11) is 3.10. The van der Waals surface area contributed by atoms with Gasteiger partial charge in [0.2, 0.25) is 11.8 Å². The van der Waals surface area contributed by atoms with Crippen LogP contribution in [0.15, 0.2) is 72.8 Å². The quantitative estimate of drug-likeness (QED) is 0.345. The summed E-state index contributed by atoms with van der Waals surface area (Å²) >= 11 is 0. The van der Waals surface area contributed by atoms with E-state index in [0.29, 0.717) is 35.7 Å². The third-order valence-corrected chi connectivity index (χ3v) is 5.91. The molecule has 1 N–H and O–H groups in total. The van der Waals surface area contributed by atoms with Crippen molar-refractivity contribution >= 4 is 28.5 Å². The molecule has 0 saturated carbocycles. The summed E-state index contributed by atoms with van der Waals surface area (Å²) in [6.07, 6.45) is 0. The number of aromatic nitrogens is 3. The van der Waals surface area contributed by atoms with E-state index < -0.39 is 6.04 Å². The minimum absolute atomic E-state index is 0.119. The van der Waals surface area contributed by atoms with Gasteiger partial charge in [0.05, 0.1) is 24.9 Å². The lowest BCUT2D eigenvalue weighted by atomic mass is 9.98. The normalized spacial score (nSPS) is 11.8. The molecule has 0 spiro atoms. The Bertz CT molecular complexity index is 1350. The van der Waals surface area contributed by atoms with Crippen LogP contribution in [-0.2, 0) is 20.9 Å². The van der Waals surface area contributed by atoms with Crippen molar-refractivity contribution in [2.75, 3.05) is 32.3 Å². The Hall–Kier alpha value is -4.24. The molecule has 4 aromatic rings. The molecule has 1 aromatic heterocycles. The average molecular weight is 488 g/mol. The molecule has 186 valence electrons. The highest BCUT2D eigenvalue weighted by Crippen LogP contribution is 2.36. The smallest absolute Gasteiger partial charge is 0.249 e. The number of hydrogen-bond acceptors (Lipinski definition) is 6. The lowest BCUT2D eigenvalue weighted by molar-refractivity contribution is -0.127. The summed E-state index contributed by atoms with van der Waals surface area (Å²) in [4.78, 5) is 29.2. The fourth-order valence-corrected chi connectivity index (χ4v) is 4.15. The molecule has 3 aromatic carbocycles. The third-order valence-electron chi connectivity index (χ3n) is 5.91. The van der Waals surface area contributed by atoms with Gasteiger partial charge in [-0.25, -0.2) is 4.68 Å². The van der Waals surface area contributed by atoms with E-state index in [2.05, 4.69) is 15.6 Å². The van der Waals surface area contributed by atoms with Crippen molar-refractivity contribution < 1.29 is 19.1 Å². The Kier molecular flexibility index (Phi) is 7.92. The zero-order chi connectivity index (χ0) is 25.5. The van der Waals surface area contributed by atoms with Gasteiger partial charge in [-0.15, -0.1) is 5.10 Å². The van der Waals surface area contributed by atoms with Crippen LogP contribution in [-0.4, -0.2) is 54.2 Å². The Morgan fingerprint density at radius 3 is 2.50 bits per heavy atom. The topological polar surface area (TPSA) is 98.6 Å². The molecular formula is C27H29N5O4. The second-order valence-electron chi connectivity index (χ2n) is 8.21. The van der Waals surface area contributed by atoms with Crippen molar-refractivity contribution in [3.63, 3.8) is 0 Å². The second kappa shape index (κ2) is 11.5. The van der Waals surface area contributed by atoms with E-state index in [1.165, 1.54) is 16.7 Å². The number of anilines is 1. The number of nitrogens with zero attached hydrogens (tertiary/aromatic N) is 4. The lowest BCUT2D eigenvalue weighted by Gasteiger charge is -2.33. The van der Waals surface area contributed by atoms with Gasteiger partial charge in [0.15, 0.2) is 0 Å². The lowest BCUT2D eigenvalue weighted by Crippen LogP contribution is -2.46. The van der Waals surface area contributed by atoms with Gasteiger partial charge in [-0.3, -0.25) is 14.5 Å². The molecule has 2 amide bonds. The first kappa shape index (κ1) is 24.9. The van der Waals surface area contributed by atoms with Gasteiger partial charge in [0.25, 0.3) is 0 Å². The summed E-state index contributed by atoms with van der Waals surface area (Å²) < 4.78 is 12.2. The number of nitrogens with one attached hydrogen (secondary N) is 1. The number of hydrogen-bond donors (Lipinski definition) is 1. The van der Waals surface area contributed by atoms with Gasteiger partial charge in [0, 0.05) is 13.7 Å². The highest BCUT2D eigenvalue weighted by atomic mass is 16.5. The van der Waals surface area contributed by atoms with E-state index in [-0.39, 0.29) is 18.4 Å². The fraction of sp³-hybridized carbons (Fsp3) is 0.259. The van der Waals surface area contributed by atoms with Gasteiger partial charge in [-0.2, -0.15) is 0 Å². The Morgan fingerprint density at radius 1 is 1.00 bits per heavy atom. The van der Waals surface area contributed by atoms with E-state index in [1.54, 1.807) is 25.3 Å². The van der Waals surface area contributed by atoms with Crippen LogP contribution in [0.1, 0.15) is 17.2 Å². The molecule has 1 unspecified atom stereocenters. The van der Waals surface area contributed by atoms with Gasteiger partial charge >= 0.3 is 0 Å². The number of rotatable bonds is 10. The molecule has 0 bridgehead atoms. The highest BCUT2D eigenvalue weighted by molar-refractivity contribution is 6.02. The van der Waals surface area contributed by atoms with E-state index >= 15 is 0 Å². The predicted octanol–water partition coefficient (Wildman–Crippen LogP) is 3.29. The van der Waals surface area contributed by atoms with Crippen LogP contribution in [0.25, 0.3) is 11.0 Å². The molecule has 1 atom stereocenters. The number of benzene rings is 3. The highest BCUT2D eigenvalue weighted by Gasteiger charge is 2.35.